The van der Waals surface area contributed by atoms with Gasteiger partial charge in [-0.05, 0) is 55.5 Å². The fourth-order valence-electron chi connectivity index (χ4n) is 4.70. The summed E-state index contributed by atoms with van der Waals surface area (Å²) in [5.74, 6) is 3.57. The summed E-state index contributed by atoms with van der Waals surface area (Å²) in [4.78, 5) is 6.62. The predicted molar refractivity (Wildman–Crippen MR) is 119 cm³/mol. The topological polar surface area (TPSA) is 46.3 Å². The molecule has 2 aromatic carbocycles. The second-order valence-electron chi connectivity index (χ2n) is 8.85. The second kappa shape index (κ2) is 6.95. The van der Waals surface area contributed by atoms with E-state index in [0.717, 1.165) is 36.6 Å². The molecule has 2 aromatic heterocycles. The molecular weight excluding hydrogens is 427 g/mol. The highest BCUT2D eigenvalue weighted by Gasteiger charge is 2.58. The molecule has 3 heterocycles. The van der Waals surface area contributed by atoms with E-state index in [1.165, 1.54) is 12.4 Å². The van der Waals surface area contributed by atoms with Crippen LogP contribution in [0.2, 0.25) is 0 Å². The number of alkyl halides is 2. The highest BCUT2D eigenvalue weighted by molar-refractivity contribution is 5.94. The standard InChI is InChI=1S/C25H20F3N5/c1-24(27,28)25(12-13-25)11-10-16-5-2-8-19-17(16)6-4-14-32(19)22-21-18(26)7-3-9-20(21)33-15-29-31-23(33)30-22/h2-3,5,7-9,15H,4,6,12-14H2,1H3. The van der Waals surface area contributed by atoms with Crippen molar-refractivity contribution in [2.75, 3.05) is 11.4 Å². The zero-order valence-electron chi connectivity index (χ0n) is 17.9. The Morgan fingerprint density at radius 3 is 2.73 bits per heavy atom. The molecule has 0 amide bonds. The maximum Gasteiger partial charge on any atom is 0.261 e. The number of aromatic nitrogens is 4. The van der Waals surface area contributed by atoms with Gasteiger partial charge < -0.3 is 4.90 Å². The zero-order valence-corrected chi connectivity index (χ0v) is 17.9. The van der Waals surface area contributed by atoms with E-state index in [9.17, 15) is 8.78 Å². The number of nitrogens with zero attached hydrogens (tertiary/aromatic N) is 5. The van der Waals surface area contributed by atoms with E-state index in [1.54, 1.807) is 10.5 Å². The molecule has 1 aliphatic heterocycles. The Morgan fingerprint density at radius 2 is 1.94 bits per heavy atom. The maximum absolute atomic E-state index is 15.0. The van der Waals surface area contributed by atoms with Crippen molar-refractivity contribution in [1.29, 1.82) is 0 Å². The molecule has 166 valence electrons. The van der Waals surface area contributed by atoms with Crippen molar-refractivity contribution in [3.8, 4) is 11.8 Å². The summed E-state index contributed by atoms with van der Waals surface area (Å²) in [6, 6.07) is 10.6. The van der Waals surface area contributed by atoms with E-state index >= 15 is 4.39 Å². The molecular formula is C25H20F3N5. The molecule has 1 aliphatic carbocycles. The molecule has 0 radical (unpaired) electrons. The molecule has 0 atom stereocenters. The van der Waals surface area contributed by atoms with Crippen LogP contribution >= 0.6 is 0 Å². The lowest BCUT2D eigenvalue weighted by Gasteiger charge is -2.32. The van der Waals surface area contributed by atoms with Crippen molar-refractivity contribution in [1.82, 2.24) is 19.6 Å². The van der Waals surface area contributed by atoms with Crippen LogP contribution in [0.4, 0.5) is 24.7 Å². The predicted octanol–water partition coefficient (Wildman–Crippen LogP) is 5.29. The van der Waals surface area contributed by atoms with Gasteiger partial charge in [0.2, 0.25) is 0 Å². The first-order valence-corrected chi connectivity index (χ1v) is 11.0. The molecule has 6 rings (SSSR count). The Labute approximate surface area is 188 Å². The molecule has 1 saturated carbocycles. The summed E-state index contributed by atoms with van der Waals surface area (Å²) in [5, 5.41) is 8.39. The lowest BCUT2D eigenvalue weighted by molar-refractivity contribution is -0.0294. The molecule has 33 heavy (non-hydrogen) atoms. The molecule has 0 N–H and O–H groups in total. The Morgan fingerprint density at radius 1 is 1.12 bits per heavy atom. The number of fused-ring (bicyclic) bond motifs is 4. The highest BCUT2D eigenvalue weighted by Crippen LogP contribution is 2.56. The SMILES string of the molecule is CC(F)(F)C1(C#Cc2cccc3c2CCCN3c2nc3nncn3c3cccc(F)c23)CC1. The Kier molecular flexibility index (Phi) is 4.22. The molecule has 5 nitrogen and oxygen atoms in total. The van der Waals surface area contributed by atoms with Crippen molar-refractivity contribution >= 4 is 28.2 Å². The van der Waals surface area contributed by atoms with Crippen LogP contribution in [-0.4, -0.2) is 32.0 Å². The van der Waals surface area contributed by atoms with E-state index in [4.69, 9.17) is 0 Å². The van der Waals surface area contributed by atoms with Gasteiger partial charge in [-0.15, -0.1) is 10.2 Å². The molecule has 8 heteroatoms. The van der Waals surface area contributed by atoms with Gasteiger partial charge in [-0.25, -0.2) is 13.2 Å². The number of halogens is 3. The fraction of sp³-hybridized carbons (Fsp3) is 0.320. The summed E-state index contributed by atoms with van der Waals surface area (Å²) in [6.07, 6.45) is 3.91. The quantitative estimate of drug-likeness (QED) is 0.392. The second-order valence-corrected chi connectivity index (χ2v) is 8.85. The van der Waals surface area contributed by atoms with Crippen molar-refractivity contribution in [2.45, 2.75) is 38.5 Å². The summed E-state index contributed by atoms with van der Waals surface area (Å²) in [6.45, 7) is 1.59. The average molecular weight is 447 g/mol. The van der Waals surface area contributed by atoms with Gasteiger partial charge in [-0.1, -0.05) is 24.0 Å². The lowest BCUT2D eigenvalue weighted by Crippen LogP contribution is -2.27. The van der Waals surface area contributed by atoms with Gasteiger partial charge in [-0.3, -0.25) is 4.40 Å². The summed E-state index contributed by atoms with van der Waals surface area (Å²) in [7, 11) is 0. The third kappa shape index (κ3) is 3.06. The van der Waals surface area contributed by atoms with Crippen LogP contribution in [0.25, 0.3) is 16.7 Å². The van der Waals surface area contributed by atoms with Gasteiger partial charge in [0.15, 0.2) is 0 Å². The monoisotopic (exact) mass is 447 g/mol. The van der Waals surface area contributed by atoms with Crippen LogP contribution in [0.5, 0.6) is 0 Å². The third-order valence-electron chi connectivity index (χ3n) is 6.74. The van der Waals surface area contributed by atoms with Gasteiger partial charge in [0.1, 0.15) is 18.0 Å². The first-order valence-electron chi connectivity index (χ1n) is 11.0. The summed E-state index contributed by atoms with van der Waals surface area (Å²) < 4.78 is 44.7. The number of rotatable bonds is 2. The van der Waals surface area contributed by atoms with Crippen LogP contribution in [0.15, 0.2) is 42.7 Å². The molecule has 0 spiro atoms. The van der Waals surface area contributed by atoms with Crippen molar-refractivity contribution in [2.24, 2.45) is 5.41 Å². The molecule has 0 saturated heterocycles. The normalized spacial score (nSPS) is 17.0. The van der Waals surface area contributed by atoms with Crippen molar-refractivity contribution < 1.29 is 13.2 Å². The van der Waals surface area contributed by atoms with Gasteiger partial charge in [0, 0.05) is 24.7 Å². The minimum absolute atomic E-state index is 0.380. The number of anilines is 2. The Bertz CT molecular complexity index is 1470. The zero-order chi connectivity index (χ0) is 22.8. The van der Waals surface area contributed by atoms with Crippen LogP contribution in [-0.2, 0) is 6.42 Å². The van der Waals surface area contributed by atoms with Crippen LogP contribution in [0.1, 0.15) is 37.3 Å². The average Bonchev–Trinajstić information content (AvgIpc) is 3.46. The minimum Gasteiger partial charge on any atom is -0.325 e. The van der Waals surface area contributed by atoms with Crippen LogP contribution in [0, 0.1) is 23.1 Å². The maximum atomic E-state index is 15.0. The molecule has 0 unspecified atom stereocenters. The van der Waals surface area contributed by atoms with Gasteiger partial charge in [0.05, 0.1) is 16.3 Å². The van der Waals surface area contributed by atoms with E-state index in [-0.39, 0.29) is 5.82 Å². The van der Waals surface area contributed by atoms with Crippen LogP contribution < -0.4 is 4.90 Å². The largest absolute Gasteiger partial charge is 0.325 e. The van der Waals surface area contributed by atoms with E-state index < -0.39 is 11.3 Å². The Balaban J connectivity index is 1.51. The van der Waals surface area contributed by atoms with Gasteiger partial charge in [-0.2, -0.15) is 4.98 Å². The van der Waals surface area contributed by atoms with Gasteiger partial charge >= 0.3 is 0 Å². The summed E-state index contributed by atoms with van der Waals surface area (Å²) in [5.41, 5.74) is 1.98. The summed E-state index contributed by atoms with van der Waals surface area (Å²) >= 11 is 0. The van der Waals surface area contributed by atoms with Crippen molar-refractivity contribution in [3.63, 3.8) is 0 Å². The van der Waals surface area contributed by atoms with Crippen LogP contribution in [0.3, 0.4) is 0 Å². The minimum atomic E-state index is -2.82. The fourth-order valence-corrected chi connectivity index (χ4v) is 4.70. The first-order chi connectivity index (χ1) is 15.9. The van der Waals surface area contributed by atoms with Crippen molar-refractivity contribution in [3.05, 3.63) is 59.7 Å². The van der Waals surface area contributed by atoms with E-state index in [0.29, 0.717) is 41.9 Å². The molecule has 2 aliphatic rings. The number of hydrogen-bond donors (Lipinski definition) is 0. The smallest absolute Gasteiger partial charge is 0.261 e. The third-order valence-corrected chi connectivity index (χ3v) is 6.74. The molecule has 1 fully saturated rings. The van der Waals surface area contributed by atoms with E-state index in [1.807, 2.05) is 29.2 Å². The Hall–Kier alpha value is -3.60. The first kappa shape index (κ1) is 20.0. The lowest BCUT2D eigenvalue weighted by atomic mass is 9.94. The number of hydrogen-bond acceptors (Lipinski definition) is 4. The van der Waals surface area contributed by atoms with Gasteiger partial charge in [0.25, 0.3) is 11.7 Å². The number of benzene rings is 2. The highest BCUT2D eigenvalue weighted by atomic mass is 19.3. The molecule has 4 aromatic rings. The van der Waals surface area contributed by atoms with E-state index in [2.05, 4.69) is 27.0 Å². The molecule has 0 bridgehead atoms.